The number of hydrogen-bond acceptors (Lipinski definition) is 5. The quantitative estimate of drug-likeness (QED) is 0.574. The van der Waals surface area contributed by atoms with Crippen LogP contribution < -0.4 is 19.1 Å². The van der Waals surface area contributed by atoms with Crippen molar-refractivity contribution in [3.8, 4) is 11.5 Å². The van der Waals surface area contributed by atoms with Gasteiger partial charge in [0, 0.05) is 17.6 Å². The van der Waals surface area contributed by atoms with E-state index in [1.807, 2.05) is 24.3 Å². The lowest BCUT2D eigenvalue weighted by molar-refractivity contribution is -0.119. The number of sulfonamides is 1. The Morgan fingerprint density at radius 3 is 2.38 bits per heavy atom. The SMILES string of the molecule is COc1ccc(N(CC(=O)NCCCc2ccc(Cl)cc2)S(C)(=O)=O)c(OC)c1. The van der Waals surface area contributed by atoms with E-state index < -0.39 is 15.9 Å². The first kappa shape index (κ1) is 22.8. The van der Waals surface area contributed by atoms with Crippen molar-refractivity contribution >= 4 is 33.2 Å². The third kappa shape index (κ3) is 6.83. The average molecular weight is 441 g/mol. The van der Waals surface area contributed by atoms with Gasteiger partial charge in [-0.3, -0.25) is 9.10 Å². The minimum absolute atomic E-state index is 0.270. The fourth-order valence-corrected chi connectivity index (χ4v) is 3.72. The van der Waals surface area contributed by atoms with Gasteiger partial charge in [0.1, 0.15) is 18.0 Å². The third-order valence-electron chi connectivity index (χ3n) is 4.22. The summed E-state index contributed by atoms with van der Waals surface area (Å²) < 4.78 is 36.0. The summed E-state index contributed by atoms with van der Waals surface area (Å²) in [6.45, 7) is 0.0846. The molecule has 0 fully saturated rings. The number of halogens is 1. The molecule has 29 heavy (non-hydrogen) atoms. The summed E-state index contributed by atoms with van der Waals surface area (Å²) in [6.07, 6.45) is 2.54. The van der Waals surface area contributed by atoms with Crippen LogP contribution in [0.4, 0.5) is 5.69 Å². The number of carbonyl (C=O) groups excluding carboxylic acids is 1. The number of amides is 1. The van der Waals surface area contributed by atoms with E-state index in [4.69, 9.17) is 21.1 Å². The molecule has 7 nitrogen and oxygen atoms in total. The smallest absolute Gasteiger partial charge is 0.240 e. The van der Waals surface area contributed by atoms with Crippen LogP contribution in [0.2, 0.25) is 5.02 Å². The summed E-state index contributed by atoms with van der Waals surface area (Å²) >= 11 is 5.86. The fourth-order valence-electron chi connectivity index (χ4n) is 2.73. The maximum absolute atomic E-state index is 12.4. The standard InChI is InChI=1S/C20H25ClN2O5S/c1-27-17-10-11-18(19(13-17)28-2)23(29(3,25)26)14-20(24)22-12-4-5-15-6-8-16(21)9-7-15/h6-11,13H,4-5,12,14H2,1-3H3,(H,22,24). The molecule has 0 heterocycles. The molecule has 0 aliphatic heterocycles. The highest BCUT2D eigenvalue weighted by Crippen LogP contribution is 2.33. The van der Waals surface area contributed by atoms with E-state index in [0.29, 0.717) is 23.1 Å². The molecule has 0 aromatic heterocycles. The second kappa shape index (κ2) is 10.4. The van der Waals surface area contributed by atoms with Gasteiger partial charge in [-0.25, -0.2) is 8.42 Å². The Morgan fingerprint density at radius 1 is 1.10 bits per heavy atom. The van der Waals surface area contributed by atoms with Crippen molar-refractivity contribution < 1.29 is 22.7 Å². The van der Waals surface area contributed by atoms with E-state index in [2.05, 4.69) is 5.32 Å². The largest absolute Gasteiger partial charge is 0.497 e. The number of anilines is 1. The van der Waals surface area contributed by atoms with Crippen molar-refractivity contribution in [1.29, 1.82) is 0 Å². The van der Waals surface area contributed by atoms with Gasteiger partial charge in [0.15, 0.2) is 0 Å². The molecular formula is C20H25ClN2O5S. The summed E-state index contributed by atoms with van der Waals surface area (Å²) in [6, 6.07) is 12.2. The molecular weight excluding hydrogens is 416 g/mol. The normalized spacial score (nSPS) is 11.0. The van der Waals surface area contributed by atoms with Crippen molar-refractivity contribution in [2.75, 3.05) is 37.9 Å². The number of aryl methyl sites for hydroxylation is 1. The van der Waals surface area contributed by atoms with Gasteiger partial charge in [0.2, 0.25) is 15.9 Å². The minimum atomic E-state index is -3.70. The molecule has 2 aromatic rings. The van der Waals surface area contributed by atoms with Gasteiger partial charge >= 0.3 is 0 Å². The molecule has 0 spiro atoms. The highest BCUT2D eigenvalue weighted by molar-refractivity contribution is 7.92. The molecule has 0 aliphatic carbocycles. The first-order valence-corrected chi connectivity index (χ1v) is 11.2. The molecule has 2 rings (SSSR count). The highest BCUT2D eigenvalue weighted by Gasteiger charge is 2.24. The number of rotatable bonds is 10. The Bertz CT molecular complexity index is 932. The Morgan fingerprint density at radius 2 is 1.79 bits per heavy atom. The van der Waals surface area contributed by atoms with Crippen LogP contribution in [-0.2, 0) is 21.2 Å². The van der Waals surface area contributed by atoms with Gasteiger partial charge < -0.3 is 14.8 Å². The van der Waals surface area contributed by atoms with Crippen LogP contribution in [-0.4, -0.2) is 47.9 Å². The van der Waals surface area contributed by atoms with Gasteiger partial charge in [0.25, 0.3) is 0 Å². The molecule has 1 N–H and O–H groups in total. The molecule has 0 radical (unpaired) electrons. The number of hydrogen-bond donors (Lipinski definition) is 1. The van der Waals surface area contributed by atoms with Crippen LogP contribution >= 0.6 is 11.6 Å². The van der Waals surface area contributed by atoms with E-state index in [0.717, 1.165) is 29.0 Å². The zero-order valence-corrected chi connectivity index (χ0v) is 18.2. The molecule has 0 bridgehead atoms. The number of carbonyl (C=O) groups is 1. The van der Waals surface area contributed by atoms with Crippen molar-refractivity contribution in [2.24, 2.45) is 0 Å². The number of nitrogens with zero attached hydrogens (tertiary/aromatic N) is 1. The van der Waals surface area contributed by atoms with E-state index >= 15 is 0 Å². The van der Waals surface area contributed by atoms with Gasteiger partial charge in [-0.05, 0) is 42.7 Å². The summed E-state index contributed by atoms with van der Waals surface area (Å²) in [4.78, 5) is 12.4. The van der Waals surface area contributed by atoms with E-state index in [1.54, 1.807) is 18.2 Å². The maximum atomic E-state index is 12.4. The number of benzene rings is 2. The molecule has 0 atom stereocenters. The predicted octanol–water partition coefficient (Wildman–Crippen LogP) is 2.87. The summed E-state index contributed by atoms with van der Waals surface area (Å²) in [5.74, 6) is 0.417. The molecule has 2 aromatic carbocycles. The van der Waals surface area contributed by atoms with Gasteiger partial charge in [-0.1, -0.05) is 23.7 Å². The number of methoxy groups -OCH3 is 2. The molecule has 0 unspecified atom stereocenters. The summed E-state index contributed by atoms with van der Waals surface area (Å²) in [5.41, 5.74) is 1.39. The van der Waals surface area contributed by atoms with Crippen molar-refractivity contribution in [3.63, 3.8) is 0 Å². The van der Waals surface area contributed by atoms with Gasteiger partial charge in [0.05, 0.1) is 26.2 Å². The predicted molar refractivity (Wildman–Crippen MR) is 115 cm³/mol. The molecule has 1 amide bonds. The molecule has 0 saturated carbocycles. The van der Waals surface area contributed by atoms with Crippen LogP contribution in [0.25, 0.3) is 0 Å². The Labute approximate surface area is 176 Å². The first-order chi connectivity index (χ1) is 13.7. The van der Waals surface area contributed by atoms with Gasteiger partial charge in [-0.2, -0.15) is 0 Å². The Balaban J connectivity index is 1.99. The fraction of sp³-hybridized carbons (Fsp3) is 0.350. The monoisotopic (exact) mass is 440 g/mol. The van der Waals surface area contributed by atoms with Crippen molar-refractivity contribution in [1.82, 2.24) is 5.32 Å². The van der Waals surface area contributed by atoms with Crippen molar-refractivity contribution in [3.05, 3.63) is 53.1 Å². The first-order valence-electron chi connectivity index (χ1n) is 8.95. The molecule has 0 aliphatic rings. The zero-order valence-electron chi connectivity index (χ0n) is 16.6. The Kier molecular flexibility index (Phi) is 8.16. The van der Waals surface area contributed by atoms with Gasteiger partial charge in [-0.15, -0.1) is 0 Å². The van der Waals surface area contributed by atoms with Crippen LogP contribution in [0, 0.1) is 0 Å². The molecule has 158 valence electrons. The maximum Gasteiger partial charge on any atom is 0.240 e. The van der Waals surface area contributed by atoms with Crippen LogP contribution in [0.3, 0.4) is 0 Å². The van der Waals surface area contributed by atoms with Crippen LogP contribution in [0.5, 0.6) is 11.5 Å². The average Bonchev–Trinajstić information content (AvgIpc) is 2.69. The van der Waals surface area contributed by atoms with Crippen LogP contribution in [0.1, 0.15) is 12.0 Å². The second-order valence-corrected chi connectivity index (χ2v) is 8.73. The zero-order chi connectivity index (χ0) is 21.4. The van der Waals surface area contributed by atoms with Crippen molar-refractivity contribution in [2.45, 2.75) is 12.8 Å². The minimum Gasteiger partial charge on any atom is -0.497 e. The highest BCUT2D eigenvalue weighted by atomic mass is 35.5. The number of ether oxygens (including phenoxy) is 2. The Hall–Kier alpha value is -2.45. The topological polar surface area (TPSA) is 84.9 Å². The summed E-state index contributed by atoms with van der Waals surface area (Å²) in [7, 11) is -0.777. The van der Waals surface area contributed by atoms with E-state index in [1.165, 1.54) is 14.2 Å². The number of nitrogens with one attached hydrogen (secondary N) is 1. The summed E-state index contributed by atoms with van der Waals surface area (Å²) in [5, 5.41) is 3.44. The molecule has 9 heteroatoms. The molecule has 0 saturated heterocycles. The van der Waals surface area contributed by atoms with Crippen LogP contribution in [0.15, 0.2) is 42.5 Å². The lowest BCUT2D eigenvalue weighted by atomic mass is 10.1. The van der Waals surface area contributed by atoms with E-state index in [9.17, 15) is 13.2 Å². The van der Waals surface area contributed by atoms with E-state index in [-0.39, 0.29) is 12.2 Å². The lowest BCUT2D eigenvalue weighted by Crippen LogP contribution is -2.40. The lowest BCUT2D eigenvalue weighted by Gasteiger charge is -2.24. The third-order valence-corrected chi connectivity index (χ3v) is 5.60. The second-order valence-electron chi connectivity index (χ2n) is 6.39.